The molecule has 0 spiro atoms. The van der Waals surface area contributed by atoms with Crippen LogP contribution in [-0.4, -0.2) is 36.1 Å². The third-order valence-electron chi connectivity index (χ3n) is 2.41. The van der Waals surface area contributed by atoms with Gasteiger partial charge in [0, 0.05) is 6.54 Å². The molecule has 19 heavy (non-hydrogen) atoms. The first-order valence-electron chi connectivity index (χ1n) is 5.98. The van der Waals surface area contributed by atoms with Crippen molar-refractivity contribution in [2.45, 2.75) is 19.4 Å². The lowest BCUT2D eigenvalue weighted by Crippen LogP contribution is -2.38. The van der Waals surface area contributed by atoms with Crippen LogP contribution in [0.4, 0.5) is 4.39 Å². The zero-order valence-corrected chi connectivity index (χ0v) is 10.6. The highest BCUT2D eigenvalue weighted by molar-refractivity contribution is 5.96. The molecule has 1 aromatic carbocycles. The zero-order valence-electron chi connectivity index (χ0n) is 10.6. The van der Waals surface area contributed by atoms with Crippen LogP contribution < -0.4 is 10.6 Å². The predicted molar refractivity (Wildman–Crippen MR) is 68.0 cm³/mol. The molecule has 1 unspecified atom stereocenters. The third-order valence-corrected chi connectivity index (χ3v) is 2.41. The van der Waals surface area contributed by atoms with Crippen LogP contribution in [0.25, 0.3) is 0 Å². The molecule has 1 aromatic rings. The minimum Gasteiger partial charge on any atom is -0.393 e. The Morgan fingerprint density at radius 2 is 2.00 bits per heavy atom. The summed E-state index contributed by atoms with van der Waals surface area (Å²) in [4.78, 5) is 22.9. The van der Waals surface area contributed by atoms with Gasteiger partial charge in [-0.2, -0.15) is 0 Å². The minimum absolute atomic E-state index is 0.0979. The maximum absolute atomic E-state index is 13.3. The van der Waals surface area contributed by atoms with E-state index in [-0.39, 0.29) is 18.0 Å². The van der Waals surface area contributed by atoms with Crippen molar-refractivity contribution in [1.82, 2.24) is 10.6 Å². The van der Waals surface area contributed by atoms with Gasteiger partial charge in [-0.1, -0.05) is 12.1 Å². The summed E-state index contributed by atoms with van der Waals surface area (Å²) in [7, 11) is 0. The molecule has 0 radical (unpaired) electrons. The van der Waals surface area contributed by atoms with Crippen LogP contribution in [0, 0.1) is 5.82 Å². The van der Waals surface area contributed by atoms with Crippen molar-refractivity contribution in [3.05, 3.63) is 35.6 Å². The Morgan fingerprint density at radius 1 is 1.32 bits per heavy atom. The fourth-order valence-corrected chi connectivity index (χ4v) is 1.38. The van der Waals surface area contributed by atoms with Crippen molar-refractivity contribution < 1.29 is 19.1 Å². The van der Waals surface area contributed by atoms with Gasteiger partial charge in [-0.3, -0.25) is 9.59 Å². The van der Waals surface area contributed by atoms with Crippen molar-refractivity contribution in [2.24, 2.45) is 0 Å². The second kappa shape index (κ2) is 7.48. The van der Waals surface area contributed by atoms with Gasteiger partial charge >= 0.3 is 0 Å². The van der Waals surface area contributed by atoms with E-state index in [1.165, 1.54) is 18.2 Å². The van der Waals surface area contributed by atoms with E-state index in [1.54, 1.807) is 13.0 Å². The third kappa shape index (κ3) is 5.48. The number of amides is 2. The first-order chi connectivity index (χ1) is 9.00. The van der Waals surface area contributed by atoms with Gasteiger partial charge in [0.2, 0.25) is 5.91 Å². The van der Waals surface area contributed by atoms with E-state index in [1.807, 2.05) is 0 Å². The van der Waals surface area contributed by atoms with Crippen LogP contribution in [0.1, 0.15) is 23.7 Å². The molecule has 0 aromatic heterocycles. The number of aliphatic hydroxyl groups is 1. The van der Waals surface area contributed by atoms with E-state index in [0.717, 1.165) is 0 Å². The summed E-state index contributed by atoms with van der Waals surface area (Å²) in [5, 5.41) is 13.9. The van der Waals surface area contributed by atoms with Gasteiger partial charge in [-0.05, 0) is 25.5 Å². The first kappa shape index (κ1) is 15.1. The van der Waals surface area contributed by atoms with Gasteiger partial charge < -0.3 is 15.7 Å². The van der Waals surface area contributed by atoms with Crippen LogP contribution in [0.2, 0.25) is 0 Å². The van der Waals surface area contributed by atoms with E-state index in [4.69, 9.17) is 5.11 Å². The summed E-state index contributed by atoms with van der Waals surface area (Å²) in [6, 6.07) is 5.54. The Labute approximate surface area is 110 Å². The molecule has 0 aliphatic carbocycles. The number of benzene rings is 1. The molecule has 2 amide bonds. The molecule has 1 rings (SSSR count). The molecule has 6 heteroatoms. The van der Waals surface area contributed by atoms with E-state index in [0.29, 0.717) is 13.0 Å². The van der Waals surface area contributed by atoms with Gasteiger partial charge in [-0.25, -0.2) is 4.39 Å². The van der Waals surface area contributed by atoms with Crippen LogP contribution in [0.15, 0.2) is 24.3 Å². The molecular weight excluding hydrogens is 251 g/mol. The van der Waals surface area contributed by atoms with Gasteiger partial charge in [0.15, 0.2) is 0 Å². The molecule has 0 bridgehead atoms. The van der Waals surface area contributed by atoms with Gasteiger partial charge in [-0.15, -0.1) is 0 Å². The van der Waals surface area contributed by atoms with E-state index in [9.17, 15) is 14.0 Å². The number of hydrogen-bond donors (Lipinski definition) is 3. The highest BCUT2D eigenvalue weighted by Gasteiger charge is 2.11. The highest BCUT2D eigenvalue weighted by Crippen LogP contribution is 2.05. The number of carbonyl (C=O) groups excluding carboxylic acids is 2. The lowest BCUT2D eigenvalue weighted by Gasteiger charge is -2.08. The maximum Gasteiger partial charge on any atom is 0.254 e. The van der Waals surface area contributed by atoms with E-state index < -0.39 is 17.8 Å². The molecular formula is C13H17FN2O3. The smallest absolute Gasteiger partial charge is 0.254 e. The van der Waals surface area contributed by atoms with Crippen LogP contribution in [0.5, 0.6) is 0 Å². The summed E-state index contributed by atoms with van der Waals surface area (Å²) >= 11 is 0. The Kier molecular flexibility index (Phi) is 5.95. The molecule has 0 aliphatic heterocycles. The number of hydrogen-bond acceptors (Lipinski definition) is 3. The van der Waals surface area contributed by atoms with Crippen LogP contribution >= 0.6 is 0 Å². The van der Waals surface area contributed by atoms with Crippen molar-refractivity contribution in [2.75, 3.05) is 13.1 Å². The number of rotatable bonds is 6. The highest BCUT2D eigenvalue weighted by atomic mass is 19.1. The maximum atomic E-state index is 13.3. The number of aliphatic hydroxyl groups excluding tert-OH is 1. The van der Waals surface area contributed by atoms with Crippen molar-refractivity contribution in [3.63, 3.8) is 0 Å². The quantitative estimate of drug-likeness (QED) is 0.700. The molecule has 1 atom stereocenters. The molecule has 5 nitrogen and oxygen atoms in total. The fraction of sp³-hybridized carbons (Fsp3) is 0.385. The topological polar surface area (TPSA) is 78.4 Å². The largest absolute Gasteiger partial charge is 0.393 e. The van der Waals surface area contributed by atoms with Crippen molar-refractivity contribution >= 4 is 11.8 Å². The molecule has 0 fully saturated rings. The second-order valence-corrected chi connectivity index (χ2v) is 4.15. The monoisotopic (exact) mass is 268 g/mol. The van der Waals surface area contributed by atoms with E-state index >= 15 is 0 Å². The lowest BCUT2D eigenvalue weighted by atomic mass is 10.2. The first-order valence-corrected chi connectivity index (χ1v) is 5.98. The standard InChI is InChI=1S/C13H17FN2O3/c1-9(17)6-7-15-12(18)8-16-13(19)10-4-2-3-5-11(10)14/h2-5,9,17H,6-8H2,1H3,(H,15,18)(H,16,19). The Hall–Kier alpha value is -1.95. The number of halogens is 1. The SMILES string of the molecule is CC(O)CCNC(=O)CNC(=O)c1ccccc1F. The second-order valence-electron chi connectivity index (χ2n) is 4.15. The van der Waals surface area contributed by atoms with Gasteiger partial charge in [0.05, 0.1) is 18.2 Å². The minimum atomic E-state index is -0.635. The predicted octanol–water partition coefficient (Wildman–Crippen LogP) is 0.443. The molecule has 0 aliphatic rings. The average molecular weight is 268 g/mol. The lowest BCUT2D eigenvalue weighted by molar-refractivity contribution is -0.120. The number of nitrogens with one attached hydrogen (secondary N) is 2. The molecule has 104 valence electrons. The Bertz CT molecular complexity index is 449. The van der Waals surface area contributed by atoms with Crippen LogP contribution in [-0.2, 0) is 4.79 Å². The molecule has 3 N–H and O–H groups in total. The van der Waals surface area contributed by atoms with E-state index in [2.05, 4.69) is 10.6 Å². The summed E-state index contributed by atoms with van der Waals surface area (Å²) in [5.74, 6) is -1.65. The van der Waals surface area contributed by atoms with Crippen molar-refractivity contribution in [3.8, 4) is 0 Å². The number of carbonyl (C=O) groups is 2. The summed E-state index contributed by atoms with van der Waals surface area (Å²) in [6.07, 6.45) is -0.0548. The molecule has 0 saturated heterocycles. The van der Waals surface area contributed by atoms with Gasteiger partial charge in [0.25, 0.3) is 5.91 Å². The normalized spacial score (nSPS) is 11.7. The summed E-state index contributed by atoms with van der Waals surface area (Å²) < 4.78 is 13.3. The molecule has 0 saturated carbocycles. The Morgan fingerprint density at radius 3 is 2.63 bits per heavy atom. The Balaban J connectivity index is 2.34. The van der Waals surface area contributed by atoms with Crippen LogP contribution in [0.3, 0.4) is 0 Å². The molecule has 0 heterocycles. The summed E-state index contributed by atoms with van der Waals surface area (Å²) in [6.45, 7) is 1.71. The van der Waals surface area contributed by atoms with Crippen molar-refractivity contribution in [1.29, 1.82) is 0 Å². The average Bonchev–Trinajstić information content (AvgIpc) is 2.36. The summed E-state index contributed by atoms with van der Waals surface area (Å²) in [5.41, 5.74) is -0.0979. The van der Waals surface area contributed by atoms with Gasteiger partial charge in [0.1, 0.15) is 5.82 Å². The zero-order chi connectivity index (χ0) is 14.3. The fourth-order valence-electron chi connectivity index (χ4n) is 1.38.